The second-order valence-electron chi connectivity index (χ2n) is 4.32. The van der Waals surface area contributed by atoms with Crippen LogP contribution in [0.1, 0.15) is 47.1 Å². The van der Waals surface area contributed by atoms with E-state index in [2.05, 4.69) is 20.8 Å². The van der Waals surface area contributed by atoms with Crippen molar-refractivity contribution in [2.45, 2.75) is 27.7 Å². The number of hydrogen-bond acceptors (Lipinski definition) is 2. The third kappa shape index (κ3) is 5.15. The minimum absolute atomic E-state index is 0.0277. The Morgan fingerprint density at radius 1 is 1.00 bits per heavy atom. The minimum atomic E-state index is -1.11. The SMILES string of the molecule is CC(C)C.Cc1c(C(=O)O)cccc1C(=O)O. The van der Waals surface area contributed by atoms with Gasteiger partial charge in [0.25, 0.3) is 0 Å². The highest BCUT2D eigenvalue weighted by Crippen LogP contribution is 2.13. The molecule has 0 unspecified atom stereocenters. The molecule has 94 valence electrons. The Labute approximate surface area is 101 Å². The topological polar surface area (TPSA) is 74.6 Å². The Kier molecular flexibility index (Phi) is 5.96. The first kappa shape index (κ1) is 15.2. The zero-order valence-electron chi connectivity index (χ0n) is 10.5. The van der Waals surface area contributed by atoms with E-state index in [0.717, 1.165) is 5.92 Å². The smallest absolute Gasteiger partial charge is 0.335 e. The Hall–Kier alpha value is -1.84. The summed E-state index contributed by atoms with van der Waals surface area (Å²) in [5, 5.41) is 17.4. The lowest BCUT2D eigenvalue weighted by atomic mass is 10.0. The van der Waals surface area contributed by atoms with E-state index in [9.17, 15) is 9.59 Å². The van der Waals surface area contributed by atoms with Crippen molar-refractivity contribution in [2.75, 3.05) is 0 Å². The number of carboxylic acid groups (broad SMARTS) is 2. The summed E-state index contributed by atoms with van der Waals surface area (Å²) in [6.45, 7) is 7.98. The van der Waals surface area contributed by atoms with Crippen LogP contribution in [0.5, 0.6) is 0 Å². The first-order valence-corrected chi connectivity index (χ1v) is 5.33. The van der Waals surface area contributed by atoms with Gasteiger partial charge in [0, 0.05) is 0 Å². The quantitative estimate of drug-likeness (QED) is 0.830. The number of carboxylic acids is 2. The third-order valence-electron chi connectivity index (χ3n) is 1.79. The average Bonchev–Trinajstić information content (AvgIpc) is 2.15. The fourth-order valence-corrected chi connectivity index (χ4v) is 1.10. The Balaban J connectivity index is 0.000000557. The molecule has 4 heteroatoms. The van der Waals surface area contributed by atoms with Gasteiger partial charge in [-0.15, -0.1) is 0 Å². The molecule has 0 fully saturated rings. The van der Waals surface area contributed by atoms with Crippen LogP contribution in [0.15, 0.2) is 18.2 Å². The molecule has 0 saturated heterocycles. The van der Waals surface area contributed by atoms with Gasteiger partial charge in [0.05, 0.1) is 11.1 Å². The summed E-state index contributed by atoms with van der Waals surface area (Å²) in [7, 11) is 0. The first-order valence-electron chi connectivity index (χ1n) is 5.33. The summed E-state index contributed by atoms with van der Waals surface area (Å²) in [6.07, 6.45) is 0. The third-order valence-corrected chi connectivity index (χ3v) is 1.79. The van der Waals surface area contributed by atoms with E-state index >= 15 is 0 Å². The van der Waals surface area contributed by atoms with Crippen molar-refractivity contribution in [1.29, 1.82) is 0 Å². The van der Waals surface area contributed by atoms with Crippen molar-refractivity contribution in [3.05, 3.63) is 34.9 Å². The molecule has 4 nitrogen and oxygen atoms in total. The molecule has 1 rings (SSSR count). The normalized spacial score (nSPS) is 9.47. The van der Waals surface area contributed by atoms with Gasteiger partial charge in [0.15, 0.2) is 0 Å². The standard InChI is InChI=1S/C9H8O4.C4H10/c1-5-6(8(10)11)3-2-4-7(5)9(12)13;1-4(2)3/h2-4H,1H3,(H,10,11)(H,12,13);4H,1-3H3. The second kappa shape index (κ2) is 6.68. The van der Waals surface area contributed by atoms with Gasteiger partial charge < -0.3 is 10.2 Å². The summed E-state index contributed by atoms with van der Waals surface area (Å²) in [4.78, 5) is 21.2. The number of hydrogen-bond donors (Lipinski definition) is 2. The summed E-state index contributed by atoms with van der Waals surface area (Å²) in [6, 6.07) is 4.17. The molecule has 0 aliphatic heterocycles. The number of carbonyl (C=O) groups is 2. The molecule has 2 N–H and O–H groups in total. The van der Waals surface area contributed by atoms with Gasteiger partial charge in [-0.05, 0) is 30.5 Å². The fourth-order valence-electron chi connectivity index (χ4n) is 1.10. The fraction of sp³-hybridized carbons (Fsp3) is 0.385. The summed E-state index contributed by atoms with van der Waals surface area (Å²) in [5.41, 5.74) is 0.335. The van der Waals surface area contributed by atoms with Crippen LogP contribution in [0.2, 0.25) is 0 Å². The van der Waals surface area contributed by atoms with Crippen molar-refractivity contribution in [1.82, 2.24) is 0 Å². The van der Waals surface area contributed by atoms with Gasteiger partial charge in [0.2, 0.25) is 0 Å². The van der Waals surface area contributed by atoms with E-state index < -0.39 is 11.9 Å². The van der Waals surface area contributed by atoms with Crippen LogP contribution in [0.25, 0.3) is 0 Å². The Bertz CT molecular complexity index is 373. The molecule has 0 atom stereocenters. The van der Waals surface area contributed by atoms with Crippen LogP contribution < -0.4 is 0 Å². The highest BCUT2D eigenvalue weighted by molar-refractivity contribution is 5.96. The molecule has 1 aromatic rings. The molecule has 0 amide bonds. The van der Waals surface area contributed by atoms with Gasteiger partial charge in [-0.1, -0.05) is 26.8 Å². The van der Waals surface area contributed by atoms with Gasteiger partial charge in [-0.3, -0.25) is 0 Å². The lowest BCUT2D eigenvalue weighted by Gasteiger charge is -2.03. The molecule has 1 aromatic carbocycles. The van der Waals surface area contributed by atoms with Gasteiger partial charge in [-0.25, -0.2) is 9.59 Å². The summed E-state index contributed by atoms with van der Waals surface area (Å²) >= 11 is 0. The molecule has 0 aliphatic rings. The Morgan fingerprint density at radius 3 is 1.53 bits per heavy atom. The predicted molar refractivity (Wildman–Crippen MR) is 65.6 cm³/mol. The molecular formula is C13H18O4. The van der Waals surface area contributed by atoms with E-state index in [1.54, 1.807) is 0 Å². The van der Waals surface area contributed by atoms with Crippen molar-refractivity contribution in [3.8, 4) is 0 Å². The van der Waals surface area contributed by atoms with Gasteiger partial charge in [0.1, 0.15) is 0 Å². The van der Waals surface area contributed by atoms with Crippen molar-refractivity contribution < 1.29 is 19.8 Å². The molecule has 0 aliphatic carbocycles. The molecule has 0 heterocycles. The zero-order chi connectivity index (χ0) is 13.6. The maximum absolute atomic E-state index is 10.6. The molecular weight excluding hydrogens is 220 g/mol. The molecule has 0 saturated carbocycles. The van der Waals surface area contributed by atoms with E-state index in [1.165, 1.54) is 25.1 Å². The largest absolute Gasteiger partial charge is 0.478 e. The van der Waals surface area contributed by atoms with Crippen molar-refractivity contribution in [2.24, 2.45) is 5.92 Å². The van der Waals surface area contributed by atoms with E-state index in [4.69, 9.17) is 10.2 Å². The van der Waals surface area contributed by atoms with E-state index in [1.807, 2.05) is 0 Å². The van der Waals surface area contributed by atoms with Crippen LogP contribution >= 0.6 is 0 Å². The van der Waals surface area contributed by atoms with E-state index in [0.29, 0.717) is 0 Å². The van der Waals surface area contributed by atoms with Crippen LogP contribution in [0.3, 0.4) is 0 Å². The molecule has 0 radical (unpaired) electrons. The molecule has 0 bridgehead atoms. The van der Waals surface area contributed by atoms with Gasteiger partial charge >= 0.3 is 11.9 Å². The maximum Gasteiger partial charge on any atom is 0.335 e. The first-order chi connectivity index (χ1) is 7.77. The predicted octanol–water partition coefficient (Wildman–Crippen LogP) is 3.05. The minimum Gasteiger partial charge on any atom is -0.478 e. The van der Waals surface area contributed by atoms with Crippen LogP contribution in [0, 0.1) is 12.8 Å². The number of benzene rings is 1. The lowest BCUT2D eigenvalue weighted by molar-refractivity contribution is 0.0696. The molecule has 0 aromatic heterocycles. The molecule has 17 heavy (non-hydrogen) atoms. The van der Waals surface area contributed by atoms with Crippen molar-refractivity contribution in [3.63, 3.8) is 0 Å². The monoisotopic (exact) mass is 238 g/mol. The number of aromatic carboxylic acids is 2. The highest BCUT2D eigenvalue weighted by atomic mass is 16.4. The molecule has 0 spiro atoms. The van der Waals surface area contributed by atoms with Crippen molar-refractivity contribution >= 4 is 11.9 Å². The summed E-state index contributed by atoms with van der Waals surface area (Å²) in [5.74, 6) is -1.39. The number of rotatable bonds is 2. The van der Waals surface area contributed by atoms with Gasteiger partial charge in [-0.2, -0.15) is 0 Å². The highest BCUT2D eigenvalue weighted by Gasteiger charge is 2.13. The average molecular weight is 238 g/mol. The maximum atomic E-state index is 10.6. The van der Waals surface area contributed by atoms with Crippen LogP contribution in [-0.4, -0.2) is 22.2 Å². The lowest BCUT2D eigenvalue weighted by Crippen LogP contribution is -2.06. The van der Waals surface area contributed by atoms with Crippen LogP contribution in [0.4, 0.5) is 0 Å². The van der Waals surface area contributed by atoms with Crippen LogP contribution in [-0.2, 0) is 0 Å². The Morgan fingerprint density at radius 2 is 1.29 bits per heavy atom. The zero-order valence-corrected chi connectivity index (χ0v) is 10.5. The van der Waals surface area contributed by atoms with E-state index in [-0.39, 0.29) is 16.7 Å². The second-order valence-corrected chi connectivity index (χ2v) is 4.32. The summed E-state index contributed by atoms with van der Waals surface area (Å²) < 4.78 is 0.